The zero-order valence-corrected chi connectivity index (χ0v) is 8.82. The highest BCUT2D eigenvalue weighted by molar-refractivity contribution is 8.13. The molecule has 3 heteroatoms. The van der Waals surface area contributed by atoms with Crippen LogP contribution in [-0.4, -0.2) is 28.9 Å². The Labute approximate surface area is 78.7 Å². The molecule has 68 valence electrons. The zero-order valence-electron chi connectivity index (χ0n) is 8.00. The van der Waals surface area contributed by atoms with Crippen LogP contribution in [0, 0.1) is 0 Å². The van der Waals surface area contributed by atoms with E-state index in [-0.39, 0.29) is 0 Å². The van der Waals surface area contributed by atoms with Gasteiger partial charge in [0.2, 0.25) is 0 Å². The van der Waals surface area contributed by atoms with Crippen LogP contribution in [0.2, 0.25) is 0 Å². The van der Waals surface area contributed by atoms with Crippen molar-refractivity contribution in [1.29, 1.82) is 0 Å². The minimum atomic E-state index is 1.05. The molecule has 0 bridgehead atoms. The summed E-state index contributed by atoms with van der Waals surface area (Å²) in [5, 5.41) is 1.18. The van der Waals surface area contributed by atoms with Gasteiger partial charge in [0, 0.05) is 24.5 Å². The maximum Gasteiger partial charge on any atom is 0.164 e. The summed E-state index contributed by atoms with van der Waals surface area (Å²) in [5.41, 5.74) is 1.15. The predicted molar refractivity (Wildman–Crippen MR) is 56.6 cm³/mol. The molecule has 0 aromatic rings. The van der Waals surface area contributed by atoms with Gasteiger partial charge in [-0.2, -0.15) is 0 Å². The van der Waals surface area contributed by atoms with Crippen molar-refractivity contribution in [3.63, 3.8) is 0 Å². The van der Waals surface area contributed by atoms with Gasteiger partial charge >= 0.3 is 0 Å². The predicted octanol–water partition coefficient (Wildman–Crippen LogP) is 2.33. The average molecular weight is 184 g/mol. The summed E-state index contributed by atoms with van der Waals surface area (Å²) in [5.74, 6) is 1.07. The molecule has 1 aliphatic rings. The number of hydrogen-bond acceptors (Lipinski definition) is 3. The Balaban J connectivity index is 2.66. The first kappa shape index (κ1) is 9.65. The van der Waals surface area contributed by atoms with Gasteiger partial charge in [0.1, 0.15) is 0 Å². The highest BCUT2D eigenvalue weighted by atomic mass is 32.2. The van der Waals surface area contributed by atoms with Gasteiger partial charge < -0.3 is 4.90 Å². The van der Waals surface area contributed by atoms with E-state index in [9.17, 15) is 0 Å². The molecule has 0 N–H and O–H groups in total. The molecule has 1 aliphatic heterocycles. The Morgan fingerprint density at radius 3 is 2.67 bits per heavy atom. The molecular formula is C9H16N2S. The molecule has 0 atom stereocenters. The Morgan fingerprint density at radius 1 is 1.50 bits per heavy atom. The van der Waals surface area contributed by atoms with Crippen LogP contribution in [0.1, 0.15) is 20.8 Å². The summed E-state index contributed by atoms with van der Waals surface area (Å²) >= 11 is 1.82. The largest absolute Gasteiger partial charge is 0.352 e. The molecule has 0 spiro atoms. The van der Waals surface area contributed by atoms with Crippen molar-refractivity contribution in [1.82, 2.24) is 4.90 Å². The number of aliphatic imine (C=N–C) groups is 1. The quantitative estimate of drug-likeness (QED) is 0.654. The Hall–Kier alpha value is -0.440. The molecule has 0 radical (unpaired) electrons. The molecule has 0 saturated carbocycles. The third-order valence-corrected chi connectivity index (χ3v) is 2.84. The van der Waals surface area contributed by atoms with E-state index in [1.54, 1.807) is 0 Å². The second-order valence-electron chi connectivity index (χ2n) is 2.72. The smallest absolute Gasteiger partial charge is 0.164 e. The van der Waals surface area contributed by atoms with Crippen molar-refractivity contribution in [2.75, 3.05) is 18.8 Å². The molecule has 0 amide bonds. The van der Waals surface area contributed by atoms with Gasteiger partial charge in [-0.05, 0) is 20.8 Å². The van der Waals surface area contributed by atoms with Crippen LogP contribution in [0.4, 0.5) is 0 Å². The number of rotatable bonds is 2. The third kappa shape index (κ3) is 2.27. The number of hydrogen-bond donors (Lipinski definition) is 0. The van der Waals surface area contributed by atoms with E-state index in [4.69, 9.17) is 0 Å². The maximum atomic E-state index is 4.49. The Bertz CT molecular complexity index is 205. The van der Waals surface area contributed by atoms with E-state index in [2.05, 4.69) is 36.7 Å². The van der Waals surface area contributed by atoms with Gasteiger partial charge in [0.25, 0.3) is 0 Å². The van der Waals surface area contributed by atoms with Crippen LogP contribution in [0.5, 0.6) is 0 Å². The lowest BCUT2D eigenvalue weighted by Gasteiger charge is -2.23. The summed E-state index contributed by atoms with van der Waals surface area (Å²) in [6.45, 7) is 8.49. The fourth-order valence-electron chi connectivity index (χ4n) is 1.12. The highest BCUT2D eigenvalue weighted by Gasteiger charge is 2.10. The fourth-order valence-corrected chi connectivity index (χ4v) is 2.24. The molecule has 1 rings (SSSR count). The summed E-state index contributed by atoms with van der Waals surface area (Å²) in [7, 11) is 0. The first-order valence-electron chi connectivity index (χ1n) is 4.41. The summed E-state index contributed by atoms with van der Waals surface area (Å²) in [4.78, 5) is 6.78. The lowest BCUT2D eigenvalue weighted by Crippen LogP contribution is -2.29. The summed E-state index contributed by atoms with van der Waals surface area (Å²) in [6, 6.07) is 0. The van der Waals surface area contributed by atoms with Crippen molar-refractivity contribution in [3.05, 3.63) is 11.8 Å². The molecule has 12 heavy (non-hydrogen) atoms. The van der Waals surface area contributed by atoms with Crippen molar-refractivity contribution < 1.29 is 0 Å². The zero-order chi connectivity index (χ0) is 8.97. The van der Waals surface area contributed by atoms with Gasteiger partial charge in [-0.25, -0.2) is 4.99 Å². The van der Waals surface area contributed by atoms with Crippen LogP contribution in [0.3, 0.4) is 0 Å². The first-order valence-corrected chi connectivity index (χ1v) is 5.39. The van der Waals surface area contributed by atoms with Crippen molar-refractivity contribution >= 4 is 16.9 Å². The topological polar surface area (TPSA) is 15.6 Å². The lowest BCUT2D eigenvalue weighted by atomic mass is 10.5. The SMILES string of the molecule is CCN(CC)C1=NC(C)=CCS1. The van der Waals surface area contributed by atoms with Gasteiger partial charge in [-0.15, -0.1) is 0 Å². The number of amidine groups is 1. The number of allylic oxidation sites excluding steroid dienone is 1. The van der Waals surface area contributed by atoms with Crippen LogP contribution in [0.15, 0.2) is 16.8 Å². The molecule has 2 nitrogen and oxygen atoms in total. The highest BCUT2D eigenvalue weighted by Crippen LogP contribution is 2.17. The molecular weight excluding hydrogens is 168 g/mol. The van der Waals surface area contributed by atoms with E-state index in [0.29, 0.717) is 0 Å². The van der Waals surface area contributed by atoms with Crippen LogP contribution < -0.4 is 0 Å². The summed E-state index contributed by atoms with van der Waals surface area (Å²) < 4.78 is 0. The van der Waals surface area contributed by atoms with E-state index in [0.717, 1.165) is 24.5 Å². The molecule has 0 unspecified atom stereocenters. The minimum absolute atomic E-state index is 1.05. The molecule has 0 aromatic heterocycles. The number of thioether (sulfide) groups is 1. The molecule has 1 heterocycles. The molecule has 0 aromatic carbocycles. The second kappa shape index (κ2) is 4.55. The normalized spacial score (nSPS) is 16.9. The van der Waals surface area contributed by atoms with Crippen LogP contribution >= 0.6 is 11.8 Å². The average Bonchev–Trinajstić information content (AvgIpc) is 2.07. The van der Waals surface area contributed by atoms with Gasteiger partial charge in [0.05, 0.1) is 0 Å². The van der Waals surface area contributed by atoms with E-state index in [1.165, 1.54) is 5.17 Å². The molecule has 0 aliphatic carbocycles. The van der Waals surface area contributed by atoms with Gasteiger partial charge in [-0.3, -0.25) is 0 Å². The third-order valence-electron chi connectivity index (χ3n) is 1.90. The number of nitrogens with zero attached hydrogens (tertiary/aromatic N) is 2. The van der Waals surface area contributed by atoms with Crippen molar-refractivity contribution in [3.8, 4) is 0 Å². The summed E-state index contributed by atoms with van der Waals surface area (Å²) in [6.07, 6.45) is 2.16. The van der Waals surface area contributed by atoms with E-state index in [1.807, 2.05) is 11.8 Å². The fraction of sp³-hybridized carbons (Fsp3) is 0.667. The van der Waals surface area contributed by atoms with Crippen LogP contribution in [0.25, 0.3) is 0 Å². The molecule has 0 fully saturated rings. The van der Waals surface area contributed by atoms with Crippen molar-refractivity contribution in [2.24, 2.45) is 4.99 Å². The lowest BCUT2D eigenvalue weighted by molar-refractivity contribution is 0.474. The minimum Gasteiger partial charge on any atom is -0.352 e. The Morgan fingerprint density at radius 2 is 2.17 bits per heavy atom. The van der Waals surface area contributed by atoms with Crippen molar-refractivity contribution in [2.45, 2.75) is 20.8 Å². The Kier molecular flexibility index (Phi) is 3.66. The van der Waals surface area contributed by atoms with E-state index < -0.39 is 0 Å². The second-order valence-corrected chi connectivity index (χ2v) is 3.71. The molecule has 0 saturated heterocycles. The van der Waals surface area contributed by atoms with Gasteiger partial charge in [0.15, 0.2) is 5.17 Å². The monoisotopic (exact) mass is 184 g/mol. The van der Waals surface area contributed by atoms with Crippen LogP contribution in [-0.2, 0) is 0 Å². The first-order chi connectivity index (χ1) is 5.77. The standard InChI is InChI=1S/C9H16N2S/c1-4-11(5-2)9-10-8(3)6-7-12-9/h6H,4-5,7H2,1-3H3. The van der Waals surface area contributed by atoms with Gasteiger partial charge in [-0.1, -0.05) is 17.8 Å². The van der Waals surface area contributed by atoms with E-state index >= 15 is 0 Å². The maximum absolute atomic E-state index is 4.49.